The Labute approximate surface area is 227 Å². The van der Waals surface area contributed by atoms with E-state index in [1.807, 2.05) is 0 Å². The first-order chi connectivity index (χ1) is 9.89. The second-order valence-corrected chi connectivity index (χ2v) is 1.49. The summed E-state index contributed by atoms with van der Waals surface area (Å²) in [6, 6.07) is 0. The second kappa shape index (κ2) is 144. The molecule has 0 aromatic rings. The Balaban J connectivity index is -0.00000000771. The average Bonchev–Trinajstić information content (AvgIpc) is 2.45. The van der Waals surface area contributed by atoms with Crippen LogP contribution in [0.25, 0.3) is 0 Å². The molecule has 202 valence electrons. The van der Waals surface area contributed by atoms with Crippen molar-refractivity contribution in [2.24, 2.45) is 0 Å². The molecule has 0 aliphatic rings. The van der Waals surface area contributed by atoms with Gasteiger partial charge in [-0.25, -0.2) is 19.7 Å². The maximum atomic E-state index is 9.10. The van der Waals surface area contributed by atoms with Gasteiger partial charge in [-0.15, -0.1) is 0 Å². The Bertz CT molecular complexity index is 309. The van der Waals surface area contributed by atoms with Crippen molar-refractivity contribution in [3.05, 3.63) is 12.5 Å². The maximum absolute atomic E-state index is 9.10. The van der Waals surface area contributed by atoms with Crippen LogP contribution in [-0.4, -0.2) is 102 Å². The van der Waals surface area contributed by atoms with Crippen LogP contribution in [0.2, 0.25) is 0 Å². The van der Waals surface area contributed by atoms with Crippen LogP contribution < -0.4 is 15.8 Å². The number of rotatable bonds is 5. The van der Waals surface area contributed by atoms with Gasteiger partial charge in [0.25, 0.3) is 6.47 Å². The summed E-state index contributed by atoms with van der Waals surface area (Å²) in [5.74, 6) is -3.65. The van der Waals surface area contributed by atoms with E-state index in [-0.39, 0.29) is 129 Å². The van der Waals surface area contributed by atoms with E-state index >= 15 is 0 Å². The molecular formula is C8H25Al2Fe2O21+3. The molecule has 0 heterocycles. The zero-order valence-corrected chi connectivity index (χ0v) is 18.8. The summed E-state index contributed by atoms with van der Waals surface area (Å²) in [4.78, 5) is 52.8. The number of hydrogen-bond donors (Lipinski definition) is 2. The zero-order chi connectivity index (χ0) is 17.5. The van der Waals surface area contributed by atoms with Gasteiger partial charge < -0.3 is 73.5 Å². The van der Waals surface area contributed by atoms with Gasteiger partial charge in [-0.2, -0.15) is 9.59 Å². The Kier molecular flexibility index (Phi) is 526. The Morgan fingerprint density at radius 3 is 0.970 bits per heavy atom. The molecule has 0 saturated carbocycles. The fourth-order valence-electron chi connectivity index (χ4n) is 0.0907. The van der Waals surface area contributed by atoms with E-state index in [0.717, 1.165) is 0 Å². The molecule has 25 heteroatoms. The van der Waals surface area contributed by atoms with Crippen LogP contribution in [0, 0.1) is 0 Å². The number of carboxylic acids is 2. The molecule has 0 aliphatic heterocycles. The minimum Gasteiger partial charge on any atom is -0.682 e. The summed E-state index contributed by atoms with van der Waals surface area (Å²) in [5, 5.41) is 46.7. The third-order valence-electron chi connectivity index (χ3n) is 0.467. The Morgan fingerprint density at radius 2 is 0.909 bits per heavy atom. The fourth-order valence-corrected chi connectivity index (χ4v) is 0.0907. The third-order valence-corrected chi connectivity index (χ3v) is 0.467. The quantitative estimate of drug-likeness (QED) is 0.0717. The van der Waals surface area contributed by atoms with Crippen molar-refractivity contribution in [1.82, 2.24) is 0 Å². The molecule has 0 fully saturated rings. The third kappa shape index (κ3) is 330. The zero-order valence-electron chi connectivity index (χ0n) is 14.3. The first kappa shape index (κ1) is 121. The summed E-state index contributed by atoms with van der Waals surface area (Å²) in [7, 11) is 0. The Hall–Kier alpha value is -1.21. The fraction of sp³-hybridized carbons (Fsp3) is 0.250. The number of aliphatic carboxylic acids is 2. The SMILES string of the molecule is C.C.O.O.O.O.O.O.O=C(O)C(=O)O.O=C=O.O=CO[O-].[Al+3].[Al].[Fe+3].[Fe].[O-]OO/C=C/OO[O-]. The number of carbonyl (C=O) groups is 3. The Morgan fingerprint density at radius 1 is 0.758 bits per heavy atom. The van der Waals surface area contributed by atoms with Gasteiger partial charge in [0.15, 0.2) is 12.5 Å². The topological polar surface area (TPSA) is 430 Å². The van der Waals surface area contributed by atoms with Crippen LogP contribution in [0.4, 0.5) is 0 Å². The molecule has 0 amide bonds. The monoisotopic (exact) mass is 623 g/mol. The molecule has 0 saturated heterocycles. The van der Waals surface area contributed by atoms with Gasteiger partial charge >= 0.3 is 52.5 Å². The molecule has 0 unspecified atom stereocenters. The molecule has 14 N–H and O–H groups in total. The minimum atomic E-state index is -1.82. The van der Waals surface area contributed by atoms with E-state index in [0.29, 0.717) is 12.5 Å². The molecule has 4 radical (unpaired) electrons. The minimum absolute atomic E-state index is 0. The van der Waals surface area contributed by atoms with Crippen molar-refractivity contribution < 1.29 is 142 Å². The van der Waals surface area contributed by atoms with Crippen molar-refractivity contribution in [2.45, 2.75) is 14.9 Å². The second-order valence-electron chi connectivity index (χ2n) is 1.49. The van der Waals surface area contributed by atoms with Crippen LogP contribution in [-0.2, 0) is 82.8 Å². The normalized spacial score (nSPS) is 4.58. The van der Waals surface area contributed by atoms with Crippen LogP contribution in [0.5, 0.6) is 0 Å². The molecule has 0 aliphatic carbocycles. The molecule has 0 rings (SSSR count). The van der Waals surface area contributed by atoms with Crippen LogP contribution in [0.15, 0.2) is 12.5 Å². The number of hydrogen-bond acceptors (Lipinski definition) is 13. The molecule has 0 spiro atoms. The summed E-state index contributed by atoms with van der Waals surface area (Å²) >= 11 is 0. The summed E-state index contributed by atoms with van der Waals surface area (Å²) in [6.07, 6.45) is 1.62. The van der Waals surface area contributed by atoms with E-state index in [2.05, 4.69) is 24.7 Å². The van der Waals surface area contributed by atoms with Gasteiger partial charge in [-0.1, -0.05) is 14.9 Å². The van der Waals surface area contributed by atoms with Gasteiger partial charge in [0.1, 0.15) is 0 Å². The van der Waals surface area contributed by atoms with E-state index in [4.69, 9.17) is 50.0 Å². The largest absolute Gasteiger partial charge is 3.00 e. The predicted molar refractivity (Wildman–Crippen MR) is 87.6 cm³/mol. The number of carbonyl (C=O) groups excluding carboxylic acids is 3. The maximum Gasteiger partial charge on any atom is 3.00 e. The molecule has 33 heavy (non-hydrogen) atoms. The van der Waals surface area contributed by atoms with Crippen molar-refractivity contribution >= 4 is 59.3 Å². The van der Waals surface area contributed by atoms with Crippen molar-refractivity contribution in [2.75, 3.05) is 0 Å². The van der Waals surface area contributed by atoms with E-state index in [1.165, 1.54) is 0 Å². The average molecular weight is 623 g/mol. The van der Waals surface area contributed by atoms with Crippen LogP contribution >= 0.6 is 0 Å². The van der Waals surface area contributed by atoms with Gasteiger partial charge in [0, 0.05) is 34.4 Å². The first-order valence-corrected chi connectivity index (χ1v) is 3.62. The molecule has 0 aromatic heterocycles. The van der Waals surface area contributed by atoms with Gasteiger partial charge in [-0.3, -0.25) is 4.79 Å². The van der Waals surface area contributed by atoms with Crippen molar-refractivity contribution in [1.29, 1.82) is 0 Å². The van der Waals surface area contributed by atoms with Gasteiger partial charge in [0.05, 0.1) is 0 Å². The van der Waals surface area contributed by atoms with Gasteiger partial charge in [0.2, 0.25) is 0 Å². The smallest absolute Gasteiger partial charge is 0.682 e. The standard InChI is InChI=1S/C2H4O6.C2H2O4.CH2O3.CO2.2CH4.2Al.2Fe.6H2O/c3-7-5-1-2-6-8-4;3-1(4)2(5)6;2-1-4-3;2-1-3;;;;;;;;;;;;/h1-4H;(H,3,4)(H,5,6);1,3H;;2*1H4;;;;;6*1H2/q;;;;;;;+3;;+3;;;;;;/p-3/b2-1+;;;;;;;;;;;;;;;. The van der Waals surface area contributed by atoms with Crippen LogP contribution in [0.3, 0.4) is 0 Å². The van der Waals surface area contributed by atoms with Crippen molar-refractivity contribution in [3.63, 3.8) is 0 Å². The summed E-state index contributed by atoms with van der Waals surface area (Å²) < 4.78 is 0. The summed E-state index contributed by atoms with van der Waals surface area (Å²) in [5.41, 5.74) is 0. The first-order valence-electron chi connectivity index (χ1n) is 3.62. The predicted octanol–water partition coefficient (Wildman–Crippen LogP) is -9.53. The van der Waals surface area contributed by atoms with Gasteiger partial charge in [-0.05, 0) is 0 Å². The molecular weight excluding hydrogens is 598 g/mol. The molecule has 21 nitrogen and oxygen atoms in total. The summed E-state index contributed by atoms with van der Waals surface area (Å²) in [6.45, 7) is -0.181. The molecule has 0 atom stereocenters. The number of carboxylic acid groups (broad SMARTS) is 2. The molecule has 0 aromatic carbocycles. The van der Waals surface area contributed by atoms with E-state index in [9.17, 15) is 0 Å². The molecule has 0 bridgehead atoms. The van der Waals surface area contributed by atoms with Crippen molar-refractivity contribution in [3.8, 4) is 0 Å². The van der Waals surface area contributed by atoms with Crippen LogP contribution in [0.1, 0.15) is 14.9 Å². The van der Waals surface area contributed by atoms with E-state index in [1.54, 1.807) is 0 Å². The van der Waals surface area contributed by atoms with E-state index < -0.39 is 11.9 Å².